The van der Waals surface area contributed by atoms with Gasteiger partial charge in [-0.3, -0.25) is 0 Å². The van der Waals surface area contributed by atoms with Crippen molar-refractivity contribution in [3.05, 3.63) is 34.3 Å². The van der Waals surface area contributed by atoms with Crippen LogP contribution >= 0.6 is 15.9 Å². The maximum atomic E-state index is 11.4. The van der Waals surface area contributed by atoms with Crippen molar-refractivity contribution in [2.75, 3.05) is 6.54 Å². The summed E-state index contributed by atoms with van der Waals surface area (Å²) in [6.07, 6.45) is 5.59. The quantitative estimate of drug-likeness (QED) is 0.712. The lowest BCUT2D eigenvalue weighted by Gasteiger charge is -2.62. The van der Waals surface area contributed by atoms with E-state index < -0.39 is 11.2 Å². The molecule has 4 aliphatic carbocycles. The fourth-order valence-electron chi connectivity index (χ4n) is 5.80. The van der Waals surface area contributed by atoms with Crippen LogP contribution in [-0.4, -0.2) is 28.0 Å². The fraction of sp³-hybridized carbons (Fsp3) is 0.700. The second-order valence-corrected chi connectivity index (χ2v) is 9.45. The summed E-state index contributed by atoms with van der Waals surface area (Å²) in [5.41, 5.74) is 0.223. The zero-order valence-corrected chi connectivity index (χ0v) is 15.9. The lowest BCUT2D eigenvalue weighted by Crippen LogP contribution is -2.64. The first kappa shape index (κ1) is 17.0. The van der Waals surface area contributed by atoms with Crippen LogP contribution in [0.2, 0.25) is 0 Å². The molecule has 0 aliphatic heterocycles. The van der Waals surface area contributed by atoms with E-state index in [1.54, 1.807) is 0 Å². The van der Waals surface area contributed by atoms with Gasteiger partial charge in [-0.05, 0) is 87.4 Å². The van der Waals surface area contributed by atoms with Crippen LogP contribution in [0.1, 0.15) is 57.1 Å². The molecule has 4 heteroatoms. The smallest absolute Gasteiger partial charge is 0.0718 e. The van der Waals surface area contributed by atoms with Crippen LogP contribution in [0.3, 0.4) is 0 Å². The van der Waals surface area contributed by atoms with Gasteiger partial charge in [0.1, 0.15) is 0 Å². The van der Waals surface area contributed by atoms with Crippen LogP contribution in [0.25, 0.3) is 0 Å². The first-order valence-electron chi connectivity index (χ1n) is 9.32. The molecule has 24 heavy (non-hydrogen) atoms. The number of benzene rings is 1. The van der Waals surface area contributed by atoms with Crippen molar-refractivity contribution in [2.24, 2.45) is 17.8 Å². The van der Waals surface area contributed by atoms with Gasteiger partial charge in [-0.1, -0.05) is 28.1 Å². The van der Waals surface area contributed by atoms with Gasteiger partial charge in [0.05, 0.1) is 11.2 Å². The lowest BCUT2D eigenvalue weighted by atomic mass is 9.47. The number of rotatable bonds is 5. The van der Waals surface area contributed by atoms with E-state index in [1.807, 2.05) is 0 Å². The largest absolute Gasteiger partial charge is 0.390 e. The van der Waals surface area contributed by atoms with Crippen molar-refractivity contribution >= 4 is 15.9 Å². The topological polar surface area (TPSA) is 52.5 Å². The minimum Gasteiger partial charge on any atom is -0.390 e. The molecule has 4 bridgehead atoms. The van der Waals surface area contributed by atoms with Gasteiger partial charge in [0.15, 0.2) is 0 Å². The molecule has 132 valence electrons. The third-order valence-electron chi connectivity index (χ3n) is 6.92. The van der Waals surface area contributed by atoms with Crippen LogP contribution in [-0.2, 0) is 0 Å². The van der Waals surface area contributed by atoms with Gasteiger partial charge in [-0.25, -0.2) is 0 Å². The molecule has 4 aliphatic rings. The molecule has 0 heterocycles. The number of nitrogens with one attached hydrogen (secondary N) is 1. The molecule has 0 aromatic heterocycles. The Morgan fingerprint density at radius 3 is 2.33 bits per heavy atom. The molecule has 3 atom stereocenters. The molecular formula is C20H28BrNO2. The van der Waals surface area contributed by atoms with Crippen LogP contribution in [0, 0.1) is 17.8 Å². The zero-order chi connectivity index (χ0) is 16.9. The van der Waals surface area contributed by atoms with Crippen LogP contribution < -0.4 is 5.32 Å². The third kappa shape index (κ3) is 2.96. The van der Waals surface area contributed by atoms with Crippen molar-refractivity contribution in [2.45, 2.75) is 62.7 Å². The Morgan fingerprint density at radius 2 is 1.75 bits per heavy atom. The Balaban J connectivity index is 1.36. The molecule has 2 unspecified atom stereocenters. The Labute approximate surface area is 153 Å². The normalized spacial score (nSPS) is 41.6. The fourth-order valence-corrected chi connectivity index (χ4v) is 6.06. The average Bonchev–Trinajstić information content (AvgIpc) is 2.52. The van der Waals surface area contributed by atoms with Crippen molar-refractivity contribution in [3.63, 3.8) is 0 Å². The molecule has 0 saturated heterocycles. The van der Waals surface area contributed by atoms with E-state index in [-0.39, 0.29) is 6.04 Å². The van der Waals surface area contributed by atoms with Crippen molar-refractivity contribution in [1.29, 1.82) is 0 Å². The highest BCUT2D eigenvalue weighted by atomic mass is 79.9. The monoisotopic (exact) mass is 393 g/mol. The van der Waals surface area contributed by atoms with Crippen molar-refractivity contribution in [3.8, 4) is 0 Å². The molecule has 0 spiro atoms. The molecule has 1 aromatic carbocycles. The number of halogens is 1. The van der Waals surface area contributed by atoms with E-state index in [2.05, 4.69) is 52.4 Å². The maximum absolute atomic E-state index is 11.4. The van der Waals surface area contributed by atoms with Crippen LogP contribution in [0.5, 0.6) is 0 Å². The zero-order valence-electron chi connectivity index (χ0n) is 14.3. The molecule has 3 N–H and O–H groups in total. The van der Waals surface area contributed by atoms with Gasteiger partial charge in [-0.15, -0.1) is 0 Å². The molecule has 5 rings (SSSR count). The second-order valence-electron chi connectivity index (χ2n) is 8.54. The first-order valence-corrected chi connectivity index (χ1v) is 10.1. The molecule has 4 saturated carbocycles. The summed E-state index contributed by atoms with van der Waals surface area (Å²) in [5.74, 6) is 1.22. The average molecular weight is 394 g/mol. The van der Waals surface area contributed by atoms with Gasteiger partial charge >= 0.3 is 0 Å². The minimum atomic E-state index is -0.574. The van der Waals surface area contributed by atoms with Crippen LogP contribution in [0.15, 0.2) is 28.7 Å². The molecule has 1 aromatic rings. The Morgan fingerprint density at radius 1 is 1.12 bits per heavy atom. The third-order valence-corrected chi connectivity index (χ3v) is 7.45. The Bertz CT molecular complexity index is 586. The highest BCUT2D eigenvalue weighted by molar-refractivity contribution is 9.10. The van der Waals surface area contributed by atoms with E-state index in [4.69, 9.17) is 0 Å². The van der Waals surface area contributed by atoms with Gasteiger partial charge < -0.3 is 15.5 Å². The number of hydrogen-bond donors (Lipinski definition) is 3. The van der Waals surface area contributed by atoms with E-state index in [9.17, 15) is 10.2 Å². The van der Waals surface area contributed by atoms with Gasteiger partial charge in [0, 0.05) is 10.5 Å². The summed E-state index contributed by atoms with van der Waals surface area (Å²) in [5, 5.41) is 25.6. The summed E-state index contributed by atoms with van der Waals surface area (Å²) < 4.78 is 1.10. The summed E-state index contributed by atoms with van der Waals surface area (Å²) in [6, 6.07) is 8.69. The van der Waals surface area contributed by atoms with E-state index in [1.165, 1.54) is 5.56 Å². The maximum Gasteiger partial charge on any atom is 0.0718 e. The highest BCUT2D eigenvalue weighted by Gasteiger charge is 2.60. The van der Waals surface area contributed by atoms with E-state index in [0.717, 1.165) is 49.5 Å². The summed E-state index contributed by atoms with van der Waals surface area (Å²) in [4.78, 5) is 0. The molecule has 0 radical (unpaired) electrons. The molecular weight excluding hydrogens is 366 g/mol. The highest BCUT2D eigenvalue weighted by Crippen LogP contribution is 2.60. The molecule has 4 fully saturated rings. The number of aliphatic hydroxyl groups is 2. The molecule has 3 nitrogen and oxygen atoms in total. The first-order chi connectivity index (χ1) is 11.4. The van der Waals surface area contributed by atoms with Crippen molar-refractivity contribution < 1.29 is 10.2 Å². The van der Waals surface area contributed by atoms with Gasteiger partial charge in [0.25, 0.3) is 0 Å². The van der Waals surface area contributed by atoms with Crippen molar-refractivity contribution in [1.82, 2.24) is 5.32 Å². The number of hydrogen-bond acceptors (Lipinski definition) is 3. The van der Waals surface area contributed by atoms with E-state index in [0.29, 0.717) is 17.8 Å². The van der Waals surface area contributed by atoms with E-state index >= 15 is 0 Å². The molecule has 0 amide bonds. The summed E-state index contributed by atoms with van der Waals surface area (Å²) >= 11 is 3.47. The van der Waals surface area contributed by atoms with Crippen LogP contribution in [0.4, 0.5) is 0 Å². The SMILES string of the molecule is C[C@H](NCCC1(O)C2CC3CC1CC(O)(C3)C2)c1ccc(Br)cc1. The Kier molecular flexibility index (Phi) is 4.31. The summed E-state index contributed by atoms with van der Waals surface area (Å²) in [6.45, 7) is 3.00. The predicted molar refractivity (Wildman–Crippen MR) is 98.6 cm³/mol. The predicted octanol–water partition coefficient (Wildman–Crippen LogP) is 3.79. The lowest BCUT2D eigenvalue weighted by molar-refractivity contribution is -0.228. The Hall–Kier alpha value is -0.420. The summed E-state index contributed by atoms with van der Waals surface area (Å²) in [7, 11) is 0. The van der Waals surface area contributed by atoms with Gasteiger partial charge in [0.2, 0.25) is 0 Å². The minimum absolute atomic E-state index is 0.280. The second kappa shape index (κ2) is 6.08. The standard InChI is InChI=1S/C20H28BrNO2/c1-13(15-2-4-18(21)5-3-15)22-7-6-20(24)16-8-14-9-17(20)12-19(23,10-14)11-16/h2-5,13-14,16-17,22-24H,6-12H2,1H3/t13-,14?,16?,17?,19?,20?/m0/s1. The van der Waals surface area contributed by atoms with Gasteiger partial charge in [-0.2, -0.15) is 0 Å².